The van der Waals surface area contributed by atoms with Crippen molar-refractivity contribution in [3.8, 4) is 0 Å². The maximum atomic E-state index is 12.1. The van der Waals surface area contributed by atoms with E-state index in [1.807, 2.05) is 18.7 Å². The van der Waals surface area contributed by atoms with Gasteiger partial charge in [-0.2, -0.15) is 0 Å². The Morgan fingerprint density at radius 1 is 1.37 bits per heavy atom. The number of carboxylic acid groups (broad SMARTS) is 1. The van der Waals surface area contributed by atoms with Crippen LogP contribution in [-0.2, 0) is 14.6 Å². The number of benzene rings is 1. The van der Waals surface area contributed by atoms with E-state index in [4.69, 9.17) is 5.11 Å². The molecule has 2 rings (SSSR count). The molecule has 0 aliphatic carbocycles. The molecule has 0 fully saturated rings. The average molecular weight is 283 g/mol. The summed E-state index contributed by atoms with van der Waals surface area (Å²) in [6, 6.07) is 3.42. The summed E-state index contributed by atoms with van der Waals surface area (Å²) < 4.78 is 24.2. The van der Waals surface area contributed by atoms with Gasteiger partial charge in [0.25, 0.3) is 0 Å². The Bertz CT molecular complexity index is 622. The Morgan fingerprint density at radius 2 is 2.05 bits per heavy atom. The monoisotopic (exact) mass is 283 g/mol. The Morgan fingerprint density at radius 3 is 2.68 bits per heavy atom. The number of hydrogen-bond acceptors (Lipinski definition) is 4. The summed E-state index contributed by atoms with van der Waals surface area (Å²) in [7, 11) is -3.24. The fourth-order valence-electron chi connectivity index (χ4n) is 2.33. The molecule has 0 aromatic heterocycles. The number of sulfone groups is 1. The van der Waals surface area contributed by atoms with Crippen LogP contribution in [0, 0.1) is 13.8 Å². The van der Waals surface area contributed by atoms with E-state index >= 15 is 0 Å². The summed E-state index contributed by atoms with van der Waals surface area (Å²) in [4.78, 5) is 12.9. The summed E-state index contributed by atoms with van der Waals surface area (Å²) in [6.45, 7) is 4.49. The zero-order valence-electron chi connectivity index (χ0n) is 11.0. The van der Waals surface area contributed by atoms with Crippen molar-refractivity contribution < 1.29 is 18.3 Å². The molecular formula is C13H17NO4S. The Hall–Kier alpha value is -1.56. The molecule has 0 radical (unpaired) electrons. The second kappa shape index (κ2) is 4.85. The lowest BCUT2D eigenvalue weighted by Crippen LogP contribution is -2.37. The van der Waals surface area contributed by atoms with Crippen LogP contribution < -0.4 is 4.90 Å². The first-order valence-corrected chi connectivity index (χ1v) is 7.78. The first-order valence-electron chi connectivity index (χ1n) is 6.12. The Balaban J connectivity index is 2.49. The van der Waals surface area contributed by atoms with Crippen LogP contribution in [0.2, 0.25) is 0 Å². The fraction of sp³-hybridized carbons (Fsp3) is 0.462. The van der Waals surface area contributed by atoms with Gasteiger partial charge in [0, 0.05) is 13.1 Å². The first kappa shape index (κ1) is 13.9. The van der Waals surface area contributed by atoms with Crippen molar-refractivity contribution in [2.24, 2.45) is 0 Å². The molecule has 104 valence electrons. The lowest BCUT2D eigenvalue weighted by atomic mass is 10.1. The van der Waals surface area contributed by atoms with Gasteiger partial charge in [0.1, 0.15) is 0 Å². The third-order valence-corrected chi connectivity index (χ3v) is 5.26. The smallest absolute Gasteiger partial charge is 0.305 e. The third kappa shape index (κ3) is 2.58. The van der Waals surface area contributed by atoms with Crippen molar-refractivity contribution in [2.75, 3.05) is 23.7 Å². The van der Waals surface area contributed by atoms with Crippen molar-refractivity contribution in [1.82, 2.24) is 0 Å². The highest BCUT2D eigenvalue weighted by atomic mass is 32.2. The van der Waals surface area contributed by atoms with Gasteiger partial charge in [0.05, 0.1) is 22.8 Å². The lowest BCUT2D eigenvalue weighted by Gasteiger charge is -2.32. The molecule has 6 heteroatoms. The second-order valence-electron chi connectivity index (χ2n) is 4.80. The number of anilines is 1. The largest absolute Gasteiger partial charge is 0.481 e. The lowest BCUT2D eigenvalue weighted by molar-refractivity contribution is -0.136. The molecule has 1 aliphatic heterocycles. The summed E-state index contributed by atoms with van der Waals surface area (Å²) >= 11 is 0. The SMILES string of the molecule is Cc1ccc2c(c1C)N(CCC(=O)O)CCS2(=O)=O. The highest BCUT2D eigenvalue weighted by Gasteiger charge is 2.30. The minimum absolute atomic E-state index is 0.00682. The van der Waals surface area contributed by atoms with E-state index in [0.717, 1.165) is 11.1 Å². The Kier molecular flexibility index (Phi) is 3.54. The molecular weight excluding hydrogens is 266 g/mol. The molecule has 0 saturated heterocycles. The van der Waals surface area contributed by atoms with Crippen molar-refractivity contribution in [2.45, 2.75) is 25.2 Å². The molecule has 1 aromatic rings. The van der Waals surface area contributed by atoms with Gasteiger partial charge in [-0.1, -0.05) is 6.07 Å². The quantitative estimate of drug-likeness (QED) is 0.907. The molecule has 1 aliphatic rings. The molecule has 0 bridgehead atoms. The number of carbonyl (C=O) groups is 1. The summed E-state index contributed by atoms with van der Waals surface area (Å²) in [6.07, 6.45) is 0.00682. The van der Waals surface area contributed by atoms with Gasteiger partial charge in [0.15, 0.2) is 9.84 Å². The zero-order chi connectivity index (χ0) is 14.2. The summed E-state index contributed by atoms with van der Waals surface area (Å²) in [5, 5.41) is 8.77. The van der Waals surface area contributed by atoms with E-state index < -0.39 is 15.8 Å². The molecule has 5 nitrogen and oxygen atoms in total. The van der Waals surface area contributed by atoms with E-state index in [0.29, 0.717) is 23.7 Å². The topological polar surface area (TPSA) is 74.7 Å². The zero-order valence-corrected chi connectivity index (χ0v) is 11.8. The van der Waals surface area contributed by atoms with Crippen molar-refractivity contribution >= 4 is 21.5 Å². The molecule has 1 aromatic carbocycles. The molecule has 0 atom stereocenters. The van der Waals surface area contributed by atoms with E-state index in [9.17, 15) is 13.2 Å². The normalized spacial score (nSPS) is 17.1. The van der Waals surface area contributed by atoms with Gasteiger partial charge in [-0.3, -0.25) is 4.79 Å². The van der Waals surface area contributed by atoms with Gasteiger partial charge in [-0.05, 0) is 31.0 Å². The van der Waals surface area contributed by atoms with Crippen LogP contribution in [0.25, 0.3) is 0 Å². The maximum absolute atomic E-state index is 12.1. The minimum atomic E-state index is -3.24. The predicted octanol–water partition coefficient (Wildman–Crippen LogP) is 1.37. The van der Waals surface area contributed by atoms with Crippen molar-refractivity contribution in [1.29, 1.82) is 0 Å². The number of aryl methyl sites for hydroxylation is 1. The van der Waals surface area contributed by atoms with E-state index in [2.05, 4.69) is 0 Å². The number of aliphatic carboxylic acids is 1. The van der Waals surface area contributed by atoms with Crippen LogP contribution in [0.5, 0.6) is 0 Å². The molecule has 1 heterocycles. The van der Waals surface area contributed by atoms with Gasteiger partial charge < -0.3 is 10.0 Å². The molecule has 0 spiro atoms. The van der Waals surface area contributed by atoms with Crippen LogP contribution in [0.4, 0.5) is 5.69 Å². The average Bonchev–Trinajstić information content (AvgIpc) is 2.32. The molecule has 19 heavy (non-hydrogen) atoms. The van der Waals surface area contributed by atoms with Crippen LogP contribution >= 0.6 is 0 Å². The van der Waals surface area contributed by atoms with Gasteiger partial charge >= 0.3 is 5.97 Å². The highest BCUT2D eigenvalue weighted by Crippen LogP contribution is 2.35. The predicted molar refractivity (Wildman–Crippen MR) is 72.4 cm³/mol. The van der Waals surface area contributed by atoms with E-state index in [-0.39, 0.29) is 12.2 Å². The molecule has 0 unspecified atom stereocenters. The van der Waals surface area contributed by atoms with E-state index in [1.165, 1.54) is 0 Å². The van der Waals surface area contributed by atoms with Gasteiger partial charge in [-0.15, -0.1) is 0 Å². The van der Waals surface area contributed by atoms with Crippen LogP contribution in [0.15, 0.2) is 17.0 Å². The summed E-state index contributed by atoms with van der Waals surface area (Å²) in [5.74, 6) is -0.831. The Labute approximate surface area is 112 Å². The standard InChI is InChI=1S/C13H17NO4S/c1-9-3-4-11-13(10(9)2)14(6-5-12(15)16)7-8-19(11,17)18/h3-4H,5-8H2,1-2H3,(H,15,16). The number of fused-ring (bicyclic) bond motifs is 1. The van der Waals surface area contributed by atoms with Crippen LogP contribution in [-0.4, -0.2) is 38.3 Å². The number of hydrogen-bond donors (Lipinski definition) is 1. The van der Waals surface area contributed by atoms with Gasteiger partial charge in [-0.25, -0.2) is 8.42 Å². The van der Waals surface area contributed by atoms with Crippen LogP contribution in [0.3, 0.4) is 0 Å². The molecule has 1 N–H and O–H groups in total. The molecule has 0 amide bonds. The summed E-state index contributed by atoms with van der Waals surface area (Å²) in [5.41, 5.74) is 2.59. The third-order valence-electron chi connectivity index (χ3n) is 3.54. The van der Waals surface area contributed by atoms with Gasteiger partial charge in [0.2, 0.25) is 0 Å². The van der Waals surface area contributed by atoms with E-state index in [1.54, 1.807) is 12.1 Å². The number of carboxylic acids is 1. The second-order valence-corrected chi connectivity index (χ2v) is 6.88. The number of nitrogens with zero attached hydrogens (tertiary/aromatic N) is 1. The highest BCUT2D eigenvalue weighted by molar-refractivity contribution is 7.91. The first-order chi connectivity index (χ1) is 8.83. The maximum Gasteiger partial charge on any atom is 0.305 e. The van der Waals surface area contributed by atoms with Crippen LogP contribution in [0.1, 0.15) is 17.5 Å². The molecule has 0 saturated carbocycles. The number of rotatable bonds is 3. The van der Waals surface area contributed by atoms with Crippen molar-refractivity contribution in [3.05, 3.63) is 23.3 Å². The fourth-order valence-corrected chi connectivity index (χ4v) is 3.86. The van der Waals surface area contributed by atoms with Crippen molar-refractivity contribution in [3.63, 3.8) is 0 Å². The minimum Gasteiger partial charge on any atom is -0.481 e.